The molecule has 1 nitrogen and oxygen atoms in total. The van der Waals surface area contributed by atoms with E-state index in [2.05, 4.69) is 5.32 Å². The minimum absolute atomic E-state index is 0.00986. The first-order chi connectivity index (χ1) is 10.1. The van der Waals surface area contributed by atoms with Crippen LogP contribution in [-0.4, -0.2) is 13.1 Å². The third kappa shape index (κ3) is 3.10. The van der Waals surface area contributed by atoms with Gasteiger partial charge in [-0.15, -0.1) is 0 Å². The van der Waals surface area contributed by atoms with Gasteiger partial charge in [-0.3, -0.25) is 0 Å². The Hall–Kier alpha value is -1.81. The molecule has 0 bridgehead atoms. The maximum absolute atomic E-state index is 13.5. The summed E-state index contributed by atoms with van der Waals surface area (Å²) < 4.78 is 40.4. The number of nitrogens with one attached hydrogen (secondary N) is 1. The molecule has 2 atom stereocenters. The second-order valence-corrected chi connectivity index (χ2v) is 5.46. The van der Waals surface area contributed by atoms with E-state index in [0.29, 0.717) is 12.1 Å². The molecule has 1 heterocycles. The molecule has 2 aromatic carbocycles. The zero-order valence-electron chi connectivity index (χ0n) is 11.5. The Kier molecular flexibility index (Phi) is 3.97. The predicted octanol–water partition coefficient (Wildman–Crippen LogP) is 3.96. The zero-order valence-corrected chi connectivity index (χ0v) is 11.5. The Morgan fingerprint density at radius 1 is 0.810 bits per heavy atom. The minimum atomic E-state index is -0.568. The predicted molar refractivity (Wildman–Crippen MR) is 75.7 cm³/mol. The number of rotatable bonds is 2. The monoisotopic (exact) mass is 291 g/mol. The Labute approximate surface area is 121 Å². The van der Waals surface area contributed by atoms with Crippen molar-refractivity contribution < 1.29 is 13.2 Å². The summed E-state index contributed by atoms with van der Waals surface area (Å²) in [5.41, 5.74) is 1.50. The summed E-state index contributed by atoms with van der Waals surface area (Å²) >= 11 is 0. The van der Waals surface area contributed by atoms with E-state index in [1.54, 1.807) is 6.07 Å². The molecular weight excluding hydrogens is 275 g/mol. The van der Waals surface area contributed by atoms with Gasteiger partial charge in [0, 0.05) is 18.5 Å². The zero-order chi connectivity index (χ0) is 14.8. The van der Waals surface area contributed by atoms with Crippen LogP contribution in [0.15, 0.2) is 42.5 Å². The lowest BCUT2D eigenvalue weighted by molar-refractivity contribution is 0.400. The minimum Gasteiger partial charge on any atom is -0.316 e. The fourth-order valence-electron chi connectivity index (χ4n) is 3.13. The molecule has 110 valence electrons. The molecule has 1 fully saturated rings. The lowest BCUT2D eigenvalue weighted by Crippen LogP contribution is -2.34. The molecule has 1 saturated heterocycles. The van der Waals surface area contributed by atoms with Crippen molar-refractivity contribution in [2.24, 2.45) is 0 Å². The number of hydrogen-bond acceptors (Lipinski definition) is 1. The Morgan fingerprint density at radius 2 is 1.52 bits per heavy atom. The van der Waals surface area contributed by atoms with Gasteiger partial charge in [0.25, 0.3) is 0 Å². The van der Waals surface area contributed by atoms with Crippen molar-refractivity contribution in [3.8, 4) is 0 Å². The van der Waals surface area contributed by atoms with Gasteiger partial charge in [-0.1, -0.05) is 12.1 Å². The van der Waals surface area contributed by atoms with Crippen LogP contribution in [0.25, 0.3) is 0 Å². The van der Waals surface area contributed by atoms with Crippen LogP contribution in [0.5, 0.6) is 0 Å². The second-order valence-electron chi connectivity index (χ2n) is 5.46. The highest BCUT2D eigenvalue weighted by Crippen LogP contribution is 2.37. The summed E-state index contributed by atoms with van der Waals surface area (Å²) in [5.74, 6) is -1.43. The van der Waals surface area contributed by atoms with Gasteiger partial charge in [0.05, 0.1) is 0 Å². The molecular formula is C17H16F3N. The summed E-state index contributed by atoms with van der Waals surface area (Å²) in [5, 5.41) is 3.27. The summed E-state index contributed by atoms with van der Waals surface area (Å²) in [4.78, 5) is 0. The third-order valence-corrected chi connectivity index (χ3v) is 4.07. The van der Waals surface area contributed by atoms with Crippen LogP contribution in [0.3, 0.4) is 0 Å². The Morgan fingerprint density at radius 3 is 2.24 bits per heavy atom. The molecule has 0 saturated carbocycles. The molecule has 0 amide bonds. The maximum Gasteiger partial charge on any atom is 0.126 e. The number of hydrogen-bond donors (Lipinski definition) is 1. The Balaban J connectivity index is 1.98. The van der Waals surface area contributed by atoms with Crippen molar-refractivity contribution >= 4 is 0 Å². The summed E-state index contributed by atoms with van der Waals surface area (Å²) in [6, 6.07) is 10.1. The van der Waals surface area contributed by atoms with Gasteiger partial charge >= 0.3 is 0 Å². The molecule has 1 aliphatic rings. The van der Waals surface area contributed by atoms with Crippen molar-refractivity contribution in [3.05, 3.63) is 71.0 Å². The average molecular weight is 291 g/mol. The number of benzene rings is 2. The van der Waals surface area contributed by atoms with Gasteiger partial charge in [-0.2, -0.15) is 0 Å². The van der Waals surface area contributed by atoms with Crippen LogP contribution in [-0.2, 0) is 0 Å². The van der Waals surface area contributed by atoms with Crippen molar-refractivity contribution in [2.75, 3.05) is 13.1 Å². The van der Waals surface area contributed by atoms with E-state index in [9.17, 15) is 13.2 Å². The summed E-state index contributed by atoms with van der Waals surface area (Å²) in [6.45, 7) is 1.46. The molecule has 0 spiro atoms. The average Bonchev–Trinajstić information content (AvgIpc) is 2.46. The van der Waals surface area contributed by atoms with Gasteiger partial charge in [0.1, 0.15) is 17.5 Å². The van der Waals surface area contributed by atoms with E-state index in [0.717, 1.165) is 24.6 Å². The molecule has 21 heavy (non-hydrogen) atoms. The van der Waals surface area contributed by atoms with Crippen molar-refractivity contribution in [1.82, 2.24) is 5.32 Å². The molecule has 0 aromatic heterocycles. The van der Waals surface area contributed by atoms with Gasteiger partial charge in [0.2, 0.25) is 0 Å². The number of piperidine rings is 1. The van der Waals surface area contributed by atoms with Gasteiger partial charge in [-0.25, -0.2) is 13.2 Å². The fourth-order valence-corrected chi connectivity index (χ4v) is 3.13. The smallest absolute Gasteiger partial charge is 0.126 e. The first kappa shape index (κ1) is 14.1. The van der Waals surface area contributed by atoms with Crippen molar-refractivity contribution in [1.29, 1.82) is 0 Å². The highest BCUT2D eigenvalue weighted by molar-refractivity contribution is 5.31. The van der Waals surface area contributed by atoms with Crippen LogP contribution in [0.4, 0.5) is 13.2 Å². The van der Waals surface area contributed by atoms with E-state index in [4.69, 9.17) is 0 Å². The topological polar surface area (TPSA) is 12.0 Å². The fraction of sp³-hybridized carbons (Fsp3) is 0.294. The van der Waals surface area contributed by atoms with Crippen LogP contribution >= 0.6 is 0 Å². The van der Waals surface area contributed by atoms with E-state index < -0.39 is 11.6 Å². The van der Waals surface area contributed by atoms with Gasteiger partial charge < -0.3 is 5.32 Å². The highest BCUT2D eigenvalue weighted by Gasteiger charge is 2.28. The molecule has 0 aliphatic carbocycles. The van der Waals surface area contributed by atoms with Crippen LogP contribution in [0, 0.1) is 17.5 Å². The molecule has 4 heteroatoms. The summed E-state index contributed by atoms with van der Waals surface area (Å²) in [6.07, 6.45) is 0.768. The van der Waals surface area contributed by atoms with Crippen molar-refractivity contribution in [3.63, 3.8) is 0 Å². The molecule has 1 aliphatic heterocycles. The number of halogens is 3. The quantitative estimate of drug-likeness (QED) is 0.883. The largest absolute Gasteiger partial charge is 0.316 e. The van der Waals surface area contributed by atoms with E-state index >= 15 is 0 Å². The van der Waals surface area contributed by atoms with Crippen LogP contribution in [0.2, 0.25) is 0 Å². The van der Waals surface area contributed by atoms with E-state index in [-0.39, 0.29) is 17.7 Å². The lowest BCUT2D eigenvalue weighted by atomic mass is 9.77. The third-order valence-electron chi connectivity index (χ3n) is 4.07. The molecule has 1 N–H and O–H groups in total. The first-order valence-corrected chi connectivity index (χ1v) is 7.05. The standard InChI is InChI=1S/C17H16F3N/c18-13-3-1-2-11(6-13)17-10-21-5-4-16(17)12-7-14(19)9-15(20)8-12/h1-3,6-9,16-17,21H,4-5,10H2. The Bertz CT molecular complexity index is 621. The van der Waals surface area contributed by atoms with E-state index in [1.165, 1.54) is 24.3 Å². The second kappa shape index (κ2) is 5.90. The SMILES string of the molecule is Fc1cc(F)cc(C2CCNCC2c2cccc(F)c2)c1. The maximum atomic E-state index is 13.5. The lowest BCUT2D eigenvalue weighted by Gasteiger charge is -2.33. The van der Waals surface area contributed by atoms with Gasteiger partial charge in [0.15, 0.2) is 0 Å². The van der Waals surface area contributed by atoms with Crippen LogP contribution in [0.1, 0.15) is 29.4 Å². The molecule has 0 radical (unpaired) electrons. The van der Waals surface area contributed by atoms with Crippen LogP contribution < -0.4 is 5.32 Å². The summed E-state index contributed by atoms with van der Waals surface area (Å²) in [7, 11) is 0. The molecule has 2 aromatic rings. The molecule has 2 unspecified atom stereocenters. The molecule has 3 rings (SSSR count). The highest BCUT2D eigenvalue weighted by atomic mass is 19.1. The normalized spacial score (nSPS) is 22.2. The first-order valence-electron chi connectivity index (χ1n) is 7.05. The van der Waals surface area contributed by atoms with Gasteiger partial charge in [-0.05, 0) is 54.3 Å². The van der Waals surface area contributed by atoms with Crippen molar-refractivity contribution in [2.45, 2.75) is 18.3 Å². The van der Waals surface area contributed by atoms with E-state index in [1.807, 2.05) is 6.07 Å².